The van der Waals surface area contributed by atoms with E-state index in [1.165, 1.54) is 44.1 Å². The Balaban J connectivity index is 1.65. The molecule has 1 aliphatic heterocycles. The number of rotatable bonds is 2. The Labute approximate surface area is 121 Å². The summed E-state index contributed by atoms with van der Waals surface area (Å²) in [6.07, 6.45) is 7.85. The summed E-state index contributed by atoms with van der Waals surface area (Å²) in [4.78, 5) is 14.8. The van der Waals surface area contributed by atoms with Crippen LogP contribution in [0.1, 0.15) is 60.4 Å². The molecule has 0 spiro atoms. The zero-order chi connectivity index (χ0) is 13.5. The lowest BCUT2D eigenvalue weighted by Crippen LogP contribution is -2.29. The highest BCUT2D eigenvalue weighted by molar-refractivity contribution is 5.96. The van der Waals surface area contributed by atoms with Crippen LogP contribution in [-0.2, 0) is 0 Å². The van der Waals surface area contributed by atoms with E-state index in [0.717, 1.165) is 30.5 Å². The first-order valence-electron chi connectivity index (χ1n) is 8.21. The Morgan fingerprint density at radius 3 is 2.55 bits per heavy atom. The van der Waals surface area contributed by atoms with E-state index in [-0.39, 0.29) is 5.91 Å². The lowest BCUT2D eigenvalue weighted by Gasteiger charge is -2.25. The summed E-state index contributed by atoms with van der Waals surface area (Å²) in [5.41, 5.74) is 2.34. The molecule has 20 heavy (non-hydrogen) atoms. The average molecular weight is 269 g/mol. The zero-order valence-electron chi connectivity index (χ0n) is 12.1. The van der Waals surface area contributed by atoms with Crippen LogP contribution >= 0.6 is 0 Å². The van der Waals surface area contributed by atoms with Gasteiger partial charge in [0.15, 0.2) is 0 Å². The Bertz CT molecular complexity index is 518. The van der Waals surface area contributed by atoms with Gasteiger partial charge in [0, 0.05) is 18.7 Å². The number of hydrogen-bond donors (Lipinski definition) is 0. The van der Waals surface area contributed by atoms with E-state index in [2.05, 4.69) is 18.2 Å². The minimum Gasteiger partial charge on any atom is -0.339 e. The van der Waals surface area contributed by atoms with Crippen LogP contribution in [0, 0.1) is 11.8 Å². The molecule has 1 amide bonds. The van der Waals surface area contributed by atoms with E-state index in [9.17, 15) is 4.79 Å². The molecule has 1 saturated heterocycles. The van der Waals surface area contributed by atoms with Gasteiger partial charge < -0.3 is 4.90 Å². The van der Waals surface area contributed by atoms with Crippen LogP contribution in [0.4, 0.5) is 0 Å². The van der Waals surface area contributed by atoms with Gasteiger partial charge >= 0.3 is 0 Å². The molecule has 2 nitrogen and oxygen atoms in total. The number of hydrogen-bond acceptors (Lipinski definition) is 1. The van der Waals surface area contributed by atoms with Crippen molar-refractivity contribution in [3.05, 3.63) is 35.4 Å². The van der Waals surface area contributed by atoms with E-state index in [4.69, 9.17) is 0 Å². The molecule has 0 N–H and O–H groups in total. The van der Waals surface area contributed by atoms with Crippen LogP contribution in [0.5, 0.6) is 0 Å². The highest BCUT2D eigenvalue weighted by atomic mass is 16.2. The smallest absolute Gasteiger partial charge is 0.254 e. The van der Waals surface area contributed by atoms with Gasteiger partial charge in [-0.2, -0.15) is 0 Å². The molecular weight excluding hydrogens is 246 g/mol. The van der Waals surface area contributed by atoms with Gasteiger partial charge in [-0.1, -0.05) is 24.6 Å². The first-order valence-corrected chi connectivity index (χ1v) is 8.21. The van der Waals surface area contributed by atoms with E-state index >= 15 is 0 Å². The first kappa shape index (κ1) is 12.4. The Hall–Kier alpha value is -1.31. The molecule has 0 aromatic heterocycles. The summed E-state index contributed by atoms with van der Waals surface area (Å²) >= 11 is 0. The molecule has 3 unspecified atom stereocenters. The summed E-state index contributed by atoms with van der Waals surface area (Å²) < 4.78 is 0. The summed E-state index contributed by atoms with van der Waals surface area (Å²) in [6.45, 7) is 1.90. The molecular formula is C18H23NO. The van der Waals surface area contributed by atoms with Crippen molar-refractivity contribution < 1.29 is 4.79 Å². The van der Waals surface area contributed by atoms with Gasteiger partial charge in [-0.25, -0.2) is 0 Å². The third kappa shape index (κ3) is 1.97. The fraction of sp³-hybridized carbons (Fsp3) is 0.611. The normalized spacial score (nSPS) is 32.0. The number of benzene rings is 1. The van der Waals surface area contributed by atoms with Gasteiger partial charge in [-0.15, -0.1) is 0 Å². The molecule has 0 radical (unpaired) electrons. The molecule has 1 aromatic carbocycles. The third-order valence-electron chi connectivity index (χ3n) is 5.72. The predicted molar refractivity (Wildman–Crippen MR) is 79.8 cm³/mol. The standard InChI is InChI=1S/C18H23NO/c20-18(19-9-3-4-10-19)16-6-2-1-5-15(16)17-12-13-7-8-14(17)11-13/h1-2,5-6,13-14,17H,3-4,7-12H2. The van der Waals surface area contributed by atoms with Gasteiger partial charge in [0.05, 0.1) is 0 Å². The molecule has 3 aliphatic rings. The molecule has 2 bridgehead atoms. The maximum absolute atomic E-state index is 12.8. The largest absolute Gasteiger partial charge is 0.339 e. The number of carbonyl (C=O) groups is 1. The summed E-state index contributed by atoms with van der Waals surface area (Å²) in [7, 11) is 0. The van der Waals surface area contributed by atoms with Crippen LogP contribution in [-0.4, -0.2) is 23.9 Å². The Kier molecular flexibility index (Phi) is 3.05. The summed E-state index contributed by atoms with van der Waals surface area (Å²) in [5.74, 6) is 2.70. The van der Waals surface area contributed by atoms with Crippen molar-refractivity contribution in [1.29, 1.82) is 0 Å². The summed E-state index contributed by atoms with van der Waals surface area (Å²) in [6, 6.07) is 8.42. The second-order valence-corrected chi connectivity index (χ2v) is 6.87. The third-order valence-corrected chi connectivity index (χ3v) is 5.72. The predicted octanol–water partition coefficient (Wildman–Crippen LogP) is 3.83. The summed E-state index contributed by atoms with van der Waals surface area (Å²) in [5, 5.41) is 0. The second-order valence-electron chi connectivity index (χ2n) is 6.87. The maximum atomic E-state index is 12.8. The molecule has 1 aromatic rings. The highest BCUT2D eigenvalue weighted by Crippen LogP contribution is 2.53. The van der Waals surface area contributed by atoms with Crippen molar-refractivity contribution in [3.63, 3.8) is 0 Å². The number of nitrogens with zero attached hydrogens (tertiary/aromatic N) is 1. The van der Waals surface area contributed by atoms with Crippen LogP contribution in [0.3, 0.4) is 0 Å². The molecule has 106 valence electrons. The molecule has 2 aliphatic carbocycles. The lowest BCUT2D eigenvalue weighted by molar-refractivity contribution is 0.0790. The van der Waals surface area contributed by atoms with Crippen molar-refractivity contribution in [3.8, 4) is 0 Å². The van der Waals surface area contributed by atoms with Crippen molar-refractivity contribution in [2.24, 2.45) is 11.8 Å². The average Bonchev–Trinajstić information content (AvgIpc) is 3.23. The monoisotopic (exact) mass is 269 g/mol. The minimum absolute atomic E-state index is 0.279. The minimum atomic E-state index is 0.279. The van der Waals surface area contributed by atoms with Crippen LogP contribution in [0.15, 0.2) is 24.3 Å². The van der Waals surface area contributed by atoms with Gasteiger partial charge in [0.25, 0.3) is 5.91 Å². The van der Waals surface area contributed by atoms with Gasteiger partial charge in [-0.3, -0.25) is 4.79 Å². The Morgan fingerprint density at radius 1 is 1.05 bits per heavy atom. The van der Waals surface area contributed by atoms with Crippen LogP contribution in [0.25, 0.3) is 0 Å². The quantitative estimate of drug-likeness (QED) is 0.799. The van der Waals surface area contributed by atoms with E-state index in [1.54, 1.807) is 0 Å². The molecule has 3 fully saturated rings. The number of fused-ring (bicyclic) bond motifs is 2. The fourth-order valence-corrected chi connectivity index (χ4v) is 4.73. The van der Waals surface area contributed by atoms with Crippen molar-refractivity contribution in [2.75, 3.05) is 13.1 Å². The van der Waals surface area contributed by atoms with Gasteiger partial charge in [0.2, 0.25) is 0 Å². The van der Waals surface area contributed by atoms with Crippen LogP contribution < -0.4 is 0 Å². The first-order chi connectivity index (χ1) is 9.83. The van der Waals surface area contributed by atoms with E-state index in [0.29, 0.717) is 5.92 Å². The fourth-order valence-electron chi connectivity index (χ4n) is 4.73. The molecule has 2 saturated carbocycles. The van der Waals surface area contributed by atoms with Crippen LogP contribution in [0.2, 0.25) is 0 Å². The van der Waals surface area contributed by atoms with E-state index in [1.807, 2.05) is 11.0 Å². The molecule has 2 heteroatoms. The number of carbonyl (C=O) groups excluding carboxylic acids is 1. The highest BCUT2D eigenvalue weighted by Gasteiger charge is 2.41. The maximum Gasteiger partial charge on any atom is 0.254 e. The number of amides is 1. The molecule has 3 atom stereocenters. The second kappa shape index (κ2) is 4.91. The Morgan fingerprint density at radius 2 is 1.85 bits per heavy atom. The number of likely N-dealkylation sites (tertiary alicyclic amines) is 1. The lowest BCUT2D eigenvalue weighted by atomic mass is 9.81. The van der Waals surface area contributed by atoms with E-state index < -0.39 is 0 Å². The molecule has 1 heterocycles. The SMILES string of the molecule is O=C(c1ccccc1C1CC2CCC1C2)N1CCCC1. The zero-order valence-corrected chi connectivity index (χ0v) is 12.1. The molecule has 4 rings (SSSR count). The van der Waals surface area contributed by atoms with Gasteiger partial charge in [0.1, 0.15) is 0 Å². The van der Waals surface area contributed by atoms with Gasteiger partial charge in [-0.05, 0) is 61.5 Å². The van der Waals surface area contributed by atoms with Crippen molar-refractivity contribution >= 4 is 5.91 Å². The van der Waals surface area contributed by atoms with Crippen molar-refractivity contribution in [1.82, 2.24) is 4.90 Å². The topological polar surface area (TPSA) is 20.3 Å². The van der Waals surface area contributed by atoms with Crippen molar-refractivity contribution in [2.45, 2.75) is 44.4 Å².